The van der Waals surface area contributed by atoms with Gasteiger partial charge >= 0.3 is 5.97 Å². The molecule has 2 amide bonds. The minimum Gasteiger partial charge on any atom is -0.466 e. The van der Waals surface area contributed by atoms with E-state index in [0.29, 0.717) is 45.6 Å². The van der Waals surface area contributed by atoms with E-state index < -0.39 is 41.1 Å². The largest absolute Gasteiger partial charge is 0.466 e. The standard InChI is InChI=1S/C25H41N3O7/c1-5-24-7-8-25(35-24)18(19(24)23(32)34-6-2)22(31)28(17(15-29)16(3)4)20(25)21(30)26-9-10-27-11-13-33-14-12-27/h16-20,29H,5-15H2,1-4H3,(H,26,30)/t17-,18-,19-,20?,24+,25?/m0/s1. The average molecular weight is 496 g/mol. The van der Waals surface area contributed by atoms with Crippen LogP contribution in [0, 0.1) is 17.8 Å². The molecule has 0 aliphatic carbocycles. The van der Waals surface area contributed by atoms with Crippen LogP contribution >= 0.6 is 0 Å². The number of hydrogen-bond acceptors (Lipinski definition) is 8. The van der Waals surface area contributed by atoms with Crippen molar-refractivity contribution in [3.63, 3.8) is 0 Å². The number of nitrogens with one attached hydrogen (secondary N) is 1. The summed E-state index contributed by atoms with van der Waals surface area (Å²) in [7, 11) is 0. The van der Waals surface area contributed by atoms with Crippen molar-refractivity contribution in [2.24, 2.45) is 17.8 Å². The second-order valence-corrected chi connectivity index (χ2v) is 10.6. The van der Waals surface area contributed by atoms with E-state index in [0.717, 1.165) is 13.1 Å². The Morgan fingerprint density at radius 1 is 1.23 bits per heavy atom. The molecule has 4 rings (SSSR count). The van der Waals surface area contributed by atoms with E-state index in [4.69, 9.17) is 14.2 Å². The summed E-state index contributed by atoms with van der Waals surface area (Å²) in [5.74, 6) is -2.65. The summed E-state index contributed by atoms with van der Waals surface area (Å²) in [4.78, 5) is 44.7. The molecule has 4 saturated heterocycles. The van der Waals surface area contributed by atoms with Gasteiger partial charge in [0.25, 0.3) is 0 Å². The summed E-state index contributed by atoms with van der Waals surface area (Å²) in [5.41, 5.74) is -1.91. The highest BCUT2D eigenvalue weighted by molar-refractivity contribution is 5.98. The molecule has 0 aromatic rings. The number of likely N-dealkylation sites (tertiary alicyclic amines) is 1. The molecule has 35 heavy (non-hydrogen) atoms. The number of morpholine rings is 1. The lowest BCUT2D eigenvalue weighted by Gasteiger charge is -2.38. The minimum atomic E-state index is -1.10. The quantitative estimate of drug-likeness (QED) is 0.412. The number of carbonyl (C=O) groups is 3. The van der Waals surface area contributed by atoms with Crippen molar-refractivity contribution in [3.8, 4) is 0 Å². The Morgan fingerprint density at radius 3 is 2.54 bits per heavy atom. The molecule has 4 aliphatic rings. The fourth-order valence-electron chi connectivity index (χ4n) is 6.78. The van der Waals surface area contributed by atoms with Gasteiger partial charge in [0, 0.05) is 26.2 Å². The fraction of sp³-hybridized carbons (Fsp3) is 0.880. The highest BCUT2D eigenvalue weighted by Gasteiger charge is 2.79. The molecule has 4 heterocycles. The molecule has 1 spiro atoms. The smallest absolute Gasteiger partial charge is 0.312 e. The molecule has 10 nitrogen and oxygen atoms in total. The van der Waals surface area contributed by atoms with Crippen LogP contribution in [-0.4, -0.2) is 109 Å². The zero-order valence-corrected chi connectivity index (χ0v) is 21.5. The number of aliphatic hydroxyl groups is 1. The van der Waals surface area contributed by atoms with Crippen molar-refractivity contribution < 1.29 is 33.7 Å². The van der Waals surface area contributed by atoms with E-state index in [1.807, 2.05) is 20.8 Å². The summed E-state index contributed by atoms with van der Waals surface area (Å²) >= 11 is 0. The lowest BCUT2D eigenvalue weighted by Crippen LogP contribution is -2.59. The van der Waals surface area contributed by atoms with Gasteiger partial charge in [-0.05, 0) is 32.1 Å². The fourth-order valence-corrected chi connectivity index (χ4v) is 6.78. The topological polar surface area (TPSA) is 118 Å². The summed E-state index contributed by atoms with van der Waals surface area (Å²) in [6.45, 7) is 11.6. The second-order valence-electron chi connectivity index (χ2n) is 10.6. The molecule has 0 radical (unpaired) electrons. The summed E-state index contributed by atoms with van der Waals surface area (Å²) in [6.07, 6.45) is 1.66. The number of amides is 2. The number of nitrogens with zero attached hydrogens (tertiary/aromatic N) is 2. The molecule has 10 heteroatoms. The maximum atomic E-state index is 14.0. The van der Waals surface area contributed by atoms with Crippen LogP contribution in [-0.2, 0) is 28.6 Å². The van der Waals surface area contributed by atoms with Gasteiger partial charge < -0.3 is 29.5 Å². The molecule has 0 aromatic heterocycles. The number of ether oxygens (including phenoxy) is 3. The Hall–Kier alpha value is -1.75. The van der Waals surface area contributed by atoms with Gasteiger partial charge in [-0.1, -0.05) is 20.8 Å². The first-order valence-electron chi connectivity index (χ1n) is 13.1. The molecule has 4 aliphatic heterocycles. The SMILES string of the molecule is CCOC(=O)[C@@H]1[C@H]2C(=O)N([C@@H](CO)C(C)C)C(C(=O)NCCN3CCOCC3)C23CC[C@@]1(CC)O3. The van der Waals surface area contributed by atoms with Crippen molar-refractivity contribution in [1.29, 1.82) is 0 Å². The van der Waals surface area contributed by atoms with Crippen molar-refractivity contribution in [1.82, 2.24) is 15.1 Å². The zero-order chi connectivity index (χ0) is 25.4. The first kappa shape index (κ1) is 26.3. The van der Waals surface area contributed by atoms with Gasteiger partial charge in [-0.15, -0.1) is 0 Å². The Bertz CT molecular complexity index is 817. The van der Waals surface area contributed by atoms with Crippen LogP contribution in [0.4, 0.5) is 0 Å². The normalized spacial score (nSPS) is 35.4. The first-order chi connectivity index (χ1) is 16.8. The van der Waals surface area contributed by atoms with Gasteiger partial charge in [-0.3, -0.25) is 19.3 Å². The van der Waals surface area contributed by atoms with Gasteiger partial charge in [0.2, 0.25) is 11.8 Å². The van der Waals surface area contributed by atoms with E-state index >= 15 is 0 Å². The number of hydrogen-bond donors (Lipinski definition) is 2. The van der Waals surface area contributed by atoms with Crippen LogP contribution in [0.15, 0.2) is 0 Å². The van der Waals surface area contributed by atoms with Crippen molar-refractivity contribution in [2.45, 2.75) is 70.2 Å². The van der Waals surface area contributed by atoms with E-state index in [1.54, 1.807) is 6.92 Å². The highest BCUT2D eigenvalue weighted by atomic mass is 16.6. The second kappa shape index (κ2) is 10.3. The lowest BCUT2D eigenvalue weighted by molar-refractivity contribution is -0.162. The molecule has 2 unspecified atom stereocenters. The molecular weight excluding hydrogens is 454 g/mol. The zero-order valence-electron chi connectivity index (χ0n) is 21.5. The van der Waals surface area contributed by atoms with E-state index in [-0.39, 0.29) is 30.9 Å². The number of carbonyl (C=O) groups excluding carboxylic acids is 3. The van der Waals surface area contributed by atoms with Gasteiger partial charge in [0.15, 0.2) is 0 Å². The monoisotopic (exact) mass is 495 g/mol. The molecule has 2 N–H and O–H groups in total. The molecular formula is C25H41N3O7. The first-order valence-corrected chi connectivity index (χ1v) is 13.1. The molecule has 198 valence electrons. The highest BCUT2D eigenvalue weighted by Crippen LogP contribution is 2.64. The molecule has 2 bridgehead atoms. The number of esters is 1. The van der Waals surface area contributed by atoms with Crippen LogP contribution in [0.25, 0.3) is 0 Å². The predicted octanol–water partition coefficient (Wildman–Crippen LogP) is 0.170. The number of aliphatic hydroxyl groups excluding tert-OH is 1. The molecule has 6 atom stereocenters. The van der Waals surface area contributed by atoms with Gasteiger partial charge in [0.1, 0.15) is 17.6 Å². The summed E-state index contributed by atoms with van der Waals surface area (Å²) in [5, 5.41) is 13.3. The summed E-state index contributed by atoms with van der Waals surface area (Å²) < 4.78 is 17.5. The molecule has 4 fully saturated rings. The van der Waals surface area contributed by atoms with Crippen LogP contribution in [0.5, 0.6) is 0 Å². The molecule has 0 saturated carbocycles. The van der Waals surface area contributed by atoms with E-state index in [9.17, 15) is 19.5 Å². The lowest BCUT2D eigenvalue weighted by atomic mass is 9.65. The Morgan fingerprint density at radius 2 is 1.94 bits per heavy atom. The third-order valence-corrected chi connectivity index (χ3v) is 8.55. The van der Waals surface area contributed by atoms with Crippen molar-refractivity contribution >= 4 is 17.8 Å². The Balaban J connectivity index is 1.65. The van der Waals surface area contributed by atoms with Crippen LogP contribution in [0.3, 0.4) is 0 Å². The molecule has 0 aromatic carbocycles. The average Bonchev–Trinajstić information content (AvgIpc) is 3.44. The van der Waals surface area contributed by atoms with Crippen LogP contribution in [0.2, 0.25) is 0 Å². The number of fused-ring (bicyclic) bond motifs is 1. The third-order valence-electron chi connectivity index (χ3n) is 8.55. The Labute approximate surface area is 207 Å². The van der Waals surface area contributed by atoms with Crippen molar-refractivity contribution in [3.05, 3.63) is 0 Å². The van der Waals surface area contributed by atoms with Gasteiger partial charge in [-0.25, -0.2) is 0 Å². The van der Waals surface area contributed by atoms with E-state index in [2.05, 4.69) is 10.2 Å². The maximum Gasteiger partial charge on any atom is 0.312 e. The Kier molecular flexibility index (Phi) is 7.76. The number of rotatable bonds is 10. The third kappa shape index (κ3) is 4.26. The van der Waals surface area contributed by atoms with Crippen LogP contribution < -0.4 is 5.32 Å². The van der Waals surface area contributed by atoms with Crippen molar-refractivity contribution in [2.75, 3.05) is 52.6 Å². The summed E-state index contributed by atoms with van der Waals surface area (Å²) in [6, 6.07) is -1.46. The van der Waals surface area contributed by atoms with E-state index in [1.165, 1.54) is 4.90 Å². The minimum absolute atomic E-state index is 0.0822. The van der Waals surface area contributed by atoms with Gasteiger partial charge in [-0.2, -0.15) is 0 Å². The maximum absolute atomic E-state index is 14.0. The van der Waals surface area contributed by atoms with Crippen LogP contribution in [0.1, 0.15) is 47.0 Å². The van der Waals surface area contributed by atoms with Gasteiger partial charge in [0.05, 0.1) is 44.0 Å². The predicted molar refractivity (Wildman–Crippen MR) is 126 cm³/mol.